The van der Waals surface area contributed by atoms with Gasteiger partial charge in [-0.1, -0.05) is 0 Å². The fourth-order valence-corrected chi connectivity index (χ4v) is 5.49. The number of hydrogen-bond donors (Lipinski definition) is 7. The van der Waals surface area contributed by atoms with Crippen LogP contribution >= 0.6 is 0 Å². The standard InChI is InChI=1S/C31H38O17/c1-11-21(33)24(36)26(38)30(45-11)44-10-19-23(35)25(37)27(39)31(47-19)48-29-20-13(32)8-14(46-15(20)9-18(42-4)28(29)43-5)12-6-16(40-2)22(34)17(7-12)41-3/h6-9,11,19,21,23-27,30-31,33-39H,10H2,1-5H3/t11-,19+,21-,23-,24+,25-,26+,27+,30+,31-/m0/s1. The molecule has 48 heavy (non-hydrogen) atoms. The molecule has 0 amide bonds. The highest BCUT2D eigenvalue weighted by Gasteiger charge is 2.48. The Morgan fingerprint density at radius 2 is 1.29 bits per heavy atom. The van der Waals surface area contributed by atoms with Crippen LogP contribution in [0.3, 0.4) is 0 Å². The molecular formula is C31H38O17. The van der Waals surface area contributed by atoms with E-state index in [-0.39, 0.29) is 51.2 Å². The number of aliphatic hydroxyl groups excluding tert-OH is 6. The second kappa shape index (κ2) is 14.3. The number of aromatic hydroxyl groups is 1. The van der Waals surface area contributed by atoms with Crippen LogP contribution in [0.1, 0.15) is 6.92 Å². The quantitative estimate of drug-likeness (QED) is 0.139. The average molecular weight is 683 g/mol. The zero-order chi connectivity index (χ0) is 35.0. The molecular weight excluding hydrogens is 644 g/mol. The zero-order valence-electron chi connectivity index (χ0n) is 26.5. The molecule has 0 saturated carbocycles. The monoisotopic (exact) mass is 682 g/mol. The third-order valence-corrected chi connectivity index (χ3v) is 8.22. The van der Waals surface area contributed by atoms with E-state index in [1.807, 2.05) is 0 Å². The maximum absolute atomic E-state index is 13.7. The largest absolute Gasteiger partial charge is 0.502 e. The van der Waals surface area contributed by atoms with Crippen LogP contribution in [0.5, 0.6) is 34.5 Å². The van der Waals surface area contributed by atoms with E-state index in [0.717, 1.165) is 6.07 Å². The van der Waals surface area contributed by atoms with Crippen molar-refractivity contribution < 1.29 is 78.1 Å². The molecule has 7 N–H and O–H groups in total. The molecule has 2 fully saturated rings. The number of aliphatic hydroxyl groups is 6. The molecule has 0 bridgehead atoms. The molecule has 2 aromatic carbocycles. The molecule has 0 spiro atoms. The first-order valence-corrected chi connectivity index (χ1v) is 14.7. The lowest BCUT2D eigenvalue weighted by Crippen LogP contribution is -2.61. The number of fused-ring (bicyclic) bond motifs is 1. The van der Waals surface area contributed by atoms with E-state index in [0.29, 0.717) is 5.56 Å². The van der Waals surface area contributed by atoms with Crippen molar-refractivity contribution in [2.45, 2.75) is 68.3 Å². The highest BCUT2D eigenvalue weighted by Crippen LogP contribution is 2.45. The maximum atomic E-state index is 13.7. The van der Waals surface area contributed by atoms with Crippen molar-refractivity contribution in [3.05, 3.63) is 34.5 Å². The first-order chi connectivity index (χ1) is 22.8. The van der Waals surface area contributed by atoms with Gasteiger partial charge in [-0.15, -0.1) is 0 Å². The molecule has 0 aliphatic carbocycles. The molecule has 3 aromatic rings. The third kappa shape index (κ3) is 6.43. The van der Waals surface area contributed by atoms with Crippen molar-refractivity contribution in [2.24, 2.45) is 0 Å². The van der Waals surface area contributed by atoms with Gasteiger partial charge in [-0.3, -0.25) is 4.79 Å². The number of ether oxygens (including phenoxy) is 8. The number of hydrogen-bond acceptors (Lipinski definition) is 17. The molecule has 17 heteroatoms. The molecule has 2 aliphatic rings. The molecule has 17 nitrogen and oxygen atoms in total. The van der Waals surface area contributed by atoms with Crippen molar-refractivity contribution in [2.75, 3.05) is 35.0 Å². The van der Waals surface area contributed by atoms with Crippen molar-refractivity contribution in [1.82, 2.24) is 0 Å². The Bertz CT molecular complexity index is 1630. The van der Waals surface area contributed by atoms with Gasteiger partial charge in [0.1, 0.15) is 59.5 Å². The maximum Gasteiger partial charge on any atom is 0.229 e. The molecule has 2 aliphatic heterocycles. The average Bonchev–Trinajstić information content (AvgIpc) is 3.08. The molecule has 3 heterocycles. The van der Waals surface area contributed by atoms with Gasteiger partial charge in [0, 0.05) is 17.7 Å². The number of rotatable bonds is 10. The Morgan fingerprint density at radius 1 is 0.688 bits per heavy atom. The van der Waals surface area contributed by atoms with Crippen LogP contribution < -0.4 is 29.1 Å². The van der Waals surface area contributed by atoms with E-state index in [2.05, 4.69) is 0 Å². The molecule has 0 radical (unpaired) electrons. The minimum Gasteiger partial charge on any atom is -0.502 e. The summed E-state index contributed by atoms with van der Waals surface area (Å²) in [7, 11) is 5.28. The predicted molar refractivity (Wildman–Crippen MR) is 161 cm³/mol. The van der Waals surface area contributed by atoms with E-state index >= 15 is 0 Å². The summed E-state index contributed by atoms with van der Waals surface area (Å²) in [6.45, 7) is 0.916. The molecule has 264 valence electrons. The van der Waals surface area contributed by atoms with Gasteiger partial charge in [-0.2, -0.15) is 0 Å². The second-order valence-electron chi connectivity index (χ2n) is 11.2. The molecule has 1 aromatic heterocycles. The summed E-state index contributed by atoms with van der Waals surface area (Å²) in [6.07, 6.45) is -15.5. The summed E-state index contributed by atoms with van der Waals surface area (Å²) < 4.78 is 50.1. The van der Waals surface area contributed by atoms with Crippen molar-refractivity contribution in [1.29, 1.82) is 0 Å². The normalized spacial score (nSPS) is 30.6. The summed E-state index contributed by atoms with van der Waals surface area (Å²) in [5.74, 6) is -0.446. The Morgan fingerprint density at radius 3 is 1.90 bits per heavy atom. The third-order valence-electron chi connectivity index (χ3n) is 8.22. The Balaban J connectivity index is 1.49. The molecule has 0 unspecified atom stereocenters. The number of phenols is 1. The Labute approximate surface area is 272 Å². The van der Waals surface area contributed by atoms with Crippen molar-refractivity contribution in [3.8, 4) is 45.8 Å². The van der Waals surface area contributed by atoms with E-state index < -0.39 is 73.4 Å². The van der Waals surface area contributed by atoms with Gasteiger partial charge >= 0.3 is 0 Å². The lowest BCUT2D eigenvalue weighted by Gasteiger charge is -2.42. The van der Waals surface area contributed by atoms with Gasteiger partial charge in [0.2, 0.25) is 17.8 Å². The smallest absolute Gasteiger partial charge is 0.229 e. The first kappa shape index (κ1) is 35.4. The van der Waals surface area contributed by atoms with Gasteiger partial charge in [0.15, 0.2) is 34.7 Å². The summed E-state index contributed by atoms with van der Waals surface area (Å²) >= 11 is 0. The van der Waals surface area contributed by atoms with Gasteiger partial charge in [-0.25, -0.2) is 0 Å². The Kier molecular flexibility index (Phi) is 10.5. The molecule has 2 saturated heterocycles. The van der Waals surface area contributed by atoms with Gasteiger partial charge in [0.25, 0.3) is 0 Å². The first-order valence-electron chi connectivity index (χ1n) is 14.7. The lowest BCUT2D eigenvalue weighted by atomic mass is 9.98. The van der Waals surface area contributed by atoms with Crippen LogP contribution in [0.2, 0.25) is 0 Å². The van der Waals surface area contributed by atoms with Crippen molar-refractivity contribution in [3.63, 3.8) is 0 Å². The number of methoxy groups -OCH3 is 4. The topological polar surface area (TPSA) is 246 Å². The van der Waals surface area contributed by atoms with E-state index in [4.69, 9.17) is 42.3 Å². The van der Waals surface area contributed by atoms with Crippen LogP contribution in [0.15, 0.2) is 33.5 Å². The van der Waals surface area contributed by atoms with E-state index in [9.17, 15) is 40.5 Å². The SMILES string of the molecule is COc1cc(-c2cc(=O)c3c(O[C@@H]4O[C@H](CO[C@@H]5O[C@@H](C)[C@H](O)[C@@H](O)[C@H]5O)[C@H](O)[C@H](O)[C@H]4O)c(OC)c(OC)cc3o2)cc(OC)c1O. The van der Waals surface area contributed by atoms with Crippen LogP contribution in [-0.4, -0.2) is 132 Å². The highest BCUT2D eigenvalue weighted by molar-refractivity contribution is 5.90. The zero-order valence-corrected chi connectivity index (χ0v) is 26.5. The Hall–Kier alpha value is -3.91. The van der Waals surface area contributed by atoms with E-state index in [1.165, 1.54) is 53.6 Å². The molecule has 5 rings (SSSR count). The van der Waals surface area contributed by atoms with Crippen LogP contribution in [0, 0.1) is 0 Å². The summed E-state index contributed by atoms with van der Waals surface area (Å²) in [4.78, 5) is 13.7. The van der Waals surface area contributed by atoms with Crippen molar-refractivity contribution >= 4 is 11.0 Å². The lowest BCUT2D eigenvalue weighted by molar-refractivity contribution is -0.318. The minimum absolute atomic E-state index is 0.0465. The van der Waals surface area contributed by atoms with Gasteiger partial charge in [0.05, 0.1) is 41.2 Å². The summed E-state index contributed by atoms with van der Waals surface area (Å²) in [5, 5.41) is 72.7. The number of phenolic OH excluding ortho intramolecular Hbond substituents is 1. The second-order valence-corrected chi connectivity index (χ2v) is 11.2. The number of benzene rings is 2. The summed E-state index contributed by atoms with van der Waals surface area (Å²) in [6, 6.07) is 5.38. The fraction of sp³-hybridized carbons (Fsp3) is 0.516. The van der Waals surface area contributed by atoms with Crippen LogP contribution in [0.4, 0.5) is 0 Å². The van der Waals surface area contributed by atoms with Gasteiger partial charge in [-0.05, 0) is 19.1 Å². The highest BCUT2D eigenvalue weighted by atomic mass is 16.7. The van der Waals surface area contributed by atoms with Crippen LogP contribution in [0.25, 0.3) is 22.3 Å². The predicted octanol–water partition coefficient (Wildman–Crippen LogP) is -0.769. The van der Waals surface area contributed by atoms with E-state index in [1.54, 1.807) is 0 Å². The minimum atomic E-state index is -1.86. The molecule has 10 atom stereocenters. The van der Waals surface area contributed by atoms with Crippen LogP contribution in [-0.2, 0) is 14.2 Å². The fourth-order valence-electron chi connectivity index (χ4n) is 5.49. The van der Waals surface area contributed by atoms with Gasteiger partial charge < -0.3 is 78.1 Å². The summed E-state index contributed by atoms with van der Waals surface area (Å²) in [5.41, 5.74) is -0.385.